The van der Waals surface area contributed by atoms with E-state index in [2.05, 4.69) is 87.2 Å². The third kappa shape index (κ3) is 6.25. The van der Waals surface area contributed by atoms with Crippen LogP contribution in [0.1, 0.15) is 41.3 Å². The molecule has 2 aliphatic rings. The Balaban J connectivity index is 1.08. The molecule has 0 bridgehead atoms. The number of carbonyl (C=O) groups excluding carboxylic acids is 1. The number of piperidine rings is 1. The van der Waals surface area contributed by atoms with E-state index in [0.29, 0.717) is 0 Å². The Morgan fingerprint density at radius 2 is 1.67 bits per heavy atom. The predicted octanol–water partition coefficient (Wildman–Crippen LogP) is 4.89. The SMILES string of the molecule is O=C(NCCCN1CCC(=C(c2ccccc2)c2ccccc2)CC1)C1CSC(c2cccnc2)N1. The summed E-state index contributed by atoms with van der Waals surface area (Å²) < 4.78 is 0. The molecule has 0 aliphatic carbocycles. The molecule has 2 unspecified atom stereocenters. The van der Waals surface area contributed by atoms with Gasteiger partial charge in [0.05, 0.1) is 11.4 Å². The highest BCUT2D eigenvalue weighted by atomic mass is 32.2. The lowest BCUT2D eigenvalue weighted by atomic mass is 9.88. The predicted molar refractivity (Wildman–Crippen MR) is 149 cm³/mol. The molecule has 2 saturated heterocycles. The highest BCUT2D eigenvalue weighted by Crippen LogP contribution is 2.33. The minimum absolute atomic E-state index is 0.105. The molecule has 2 fully saturated rings. The highest BCUT2D eigenvalue weighted by molar-refractivity contribution is 7.99. The standard InChI is InChI=1S/C30H34N4OS/c35-29(27-22-36-30(33-27)26-13-7-16-31-21-26)32-17-8-18-34-19-14-25(15-20-34)28(23-9-3-1-4-10-23)24-11-5-2-6-12-24/h1-7,9-13,16,21,27,30,33H,8,14-15,17-20,22H2,(H,32,35). The number of pyridine rings is 1. The van der Waals surface area contributed by atoms with Crippen molar-refractivity contribution in [2.75, 3.05) is 31.9 Å². The van der Waals surface area contributed by atoms with Gasteiger partial charge < -0.3 is 10.2 Å². The zero-order chi connectivity index (χ0) is 24.6. The van der Waals surface area contributed by atoms with Gasteiger partial charge in [-0.15, -0.1) is 11.8 Å². The van der Waals surface area contributed by atoms with E-state index in [0.717, 1.165) is 56.8 Å². The molecule has 0 saturated carbocycles. The van der Waals surface area contributed by atoms with Crippen molar-refractivity contribution >= 4 is 23.2 Å². The molecule has 36 heavy (non-hydrogen) atoms. The summed E-state index contributed by atoms with van der Waals surface area (Å²) in [6.07, 6.45) is 6.79. The van der Waals surface area contributed by atoms with Crippen molar-refractivity contribution in [1.82, 2.24) is 20.5 Å². The fourth-order valence-electron chi connectivity index (χ4n) is 5.06. The van der Waals surface area contributed by atoms with Crippen LogP contribution < -0.4 is 10.6 Å². The van der Waals surface area contributed by atoms with E-state index in [1.54, 1.807) is 23.5 Å². The van der Waals surface area contributed by atoms with Crippen molar-refractivity contribution in [1.29, 1.82) is 0 Å². The van der Waals surface area contributed by atoms with Gasteiger partial charge in [-0.3, -0.25) is 15.1 Å². The van der Waals surface area contributed by atoms with E-state index in [-0.39, 0.29) is 17.3 Å². The Morgan fingerprint density at radius 3 is 2.31 bits per heavy atom. The molecule has 6 heteroatoms. The number of carbonyl (C=O) groups is 1. The first-order valence-corrected chi connectivity index (χ1v) is 13.9. The quantitative estimate of drug-likeness (QED) is 0.433. The van der Waals surface area contributed by atoms with Crippen molar-refractivity contribution in [3.05, 3.63) is 107 Å². The largest absolute Gasteiger partial charge is 0.355 e. The van der Waals surface area contributed by atoms with Crippen LogP contribution in [0.5, 0.6) is 0 Å². The number of rotatable bonds is 8. The minimum atomic E-state index is -0.141. The van der Waals surface area contributed by atoms with Crippen molar-refractivity contribution < 1.29 is 4.79 Å². The topological polar surface area (TPSA) is 57.3 Å². The molecule has 3 aromatic rings. The van der Waals surface area contributed by atoms with Crippen LogP contribution in [0.25, 0.3) is 5.57 Å². The summed E-state index contributed by atoms with van der Waals surface area (Å²) in [5, 5.41) is 6.72. The smallest absolute Gasteiger partial charge is 0.238 e. The summed E-state index contributed by atoms with van der Waals surface area (Å²) in [5.74, 6) is 0.894. The number of benzene rings is 2. The number of thioether (sulfide) groups is 1. The zero-order valence-corrected chi connectivity index (χ0v) is 21.4. The molecule has 186 valence electrons. The summed E-state index contributed by atoms with van der Waals surface area (Å²) in [6, 6.07) is 25.4. The summed E-state index contributed by atoms with van der Waals surface area (Å²) in [6.45, 7) is 3.88. The van der Waals surface area contributed by atoms with Gasteiger partial charge in [0, 0.05) is 37.8 Å². The first kappa shape index (κ1) is 24.8. The van der Waals surface area contributed by atoms with Gasteiger partial charge in [-0.1, -0.05) is 72.3 Å². The molecular formula is C30H34N4OS. The van der Waals surface area contributed by atoms with Gasteiger partial charge in [-0.2, -0.15) is 0 Å². The van der Waals surface area contributed by atoms with Crippen LogP contribution in [0, 0.1) is 0 Å². The Morgan fingerprint density at radius 1 is 0.972 bits per heavy atom. The molecule has 1 aromatic heterocycles. The normalized spacial score (nSPS) is 20.3. The minimum Gasteiger partial charge on any atom is -0.355 e. The Hall–Kier alpha value is -2.93. The molecular weight excluding hydrogens is 464 g/mol. The van der Waals surface area contributed by atoms with Crippen LogP contribution in [0.15, 0.2) is 90.8 Å². The van der Waals surface area contributed by atoms with E-state index in [1.165, 1.54) is 16.7 Å². The monoisotopic (exact) mass is 498 g/mol. The highest BCUT2D eigenvalue weighted by Gasteiger charge is 2.30. The number of hydrogen-bond acceptors (Lipinski definition) is 5. The molecule has 5 rings (SSSR count). The van der Waals surface area contributed by atoms with Crippen molar-refractivity contribution in [3.8, 4) is 0 Å². The third-order valence-corrected chi connectivity index (χ3v) is 8.24. The van der Waals surface area contributed by atoms with Crippen molar-refractivity contribution in [3.63, 3.8) is 0 Å². The molecule has 0 radical (unpaired) electrons. The van der Waals surface area contributed by atoms with Crippen LogP contribution in [-0.2, 0) is 4.79 Å². The summed E-state index contributed by atoms with van der Waals surface area (Å²) >= 11 is 1.77. The van der Waals surface area contributed by atoms with Crippen LogP contribution in [0.2, 0.25) is 0 Å². The maximum Gasteiger partial charge on any atom is 0.238 e. The number of nitrogens with zero attached hydrogens (tertiary/aromatic N) is 2. The number of hydrogen-bond donors (Lipinski definition) is 2. The Labute approximate surface area is 218 Å². The second-order valence-electron chi connectivity index (χ2n) is 9.42. The fourth-order valence-corrected chi connectivity index (χ4v) is 6.29. The molecule has 0 spiro atoms. The molecule has 2 aromatic carbocycles. The van der Waals surface area contributed by atoms with Gasteiger partial charge in [0.1, 0.15) is 0 Å². The summed E-state index contributed by atoms with van der Waals surface area (Å²) in [5.41, 5.74) is 6.68. The molecule has 2 aliphatic heterocycles. The Bertz CT molecular complexity index is 1100. The molecule has 3 heterocycles. The lowest BCUT2D eigenvalue weighted by Crippen LogP contribution is -2.43. The zero-order valence-electron chi connectivity index (χ0n) is 20.6. The average Bonchev–Trinajstić information content (AvgIpc) is 3.44. The van der Waals surface area contributed by atoms with Crippen LogP contribution in [-0.4, -0.2) is 53.8 Å². The molecule has 2 atom stereocenters. The summed E-state index contributed by atoms with van der Waals surface area (Å²) in [7, 11) is 0. The fraction of sp³-hybridized carbons (Fsp3) is 0.333. The first-order valence-electron chi connectivity index (χ1n) is 12.9. The molecule has 5 nitrogen and oxygen atoms in total. The number of nitrogens with one attached hydrogen (secondary N) is 2. The number of likely N-dealkylation sites (tertiary alicyclic amines) is 1. The van der Waals surface area contributed by atoms with E-state index < -0.39 is 0 Å². The van der Waals surface area contributed by atoms with Crippen molar-refractivity contribution in [2.24, 2.45) is 0 Å². The van der Waals surface area contributed by atoms with E-state index in [1.807, 2.05) is 12.3 Å². The Kier molecular flexibility index (Phi) is 8.49. The van der Waals surface area contributed by atoms with E-state index in [4.69, 9.17) is 0 Å². The summed E-state index contributed by atoms with van der Waals surface area (Å²) in [4.78, 5) is 19.4. The van der Waals surface area contributed by atoms with Crippen molar-refractivity contribution in [2.45, 2.75) is 30.7 Å². The first-order chi connectivity index (χ1) is 17.8. The van der Waals surface area contributed by atoms with Crippen LogP contribution in [0.4, 0.5) is 0 Å². The molecule has 2 N–H and O–H groups in total. The maximum atomic E-state index is 12.6. The van der Waals surface area contributed by atoms with Gasteiger partial charge >= 0.3 is 0 Å². The van der Waals surface area contributed by atoms with Gasteiger partial charge in [0.2, 0.25) is 5.91 Å². The lowest BCUT2D eigenvalue weighted by molar-refractivity contribution is -0.122. The average molecular weight is 499 g/mol. The van der Waals surface area contributed by atoms with Gasteiger partial charge in [0.15, 0.2) is 0 Å². The maximum absolute atomic E-state index is 12.6. The van der Waals surface area contributed by atoms with E-state index in [9.17, 15) is 4.79 Å². The van der Waals surface area contributed by atoms with Gasteiger partial charge in [-0.25, -0.2) is 0 Å². The lowest BCUT2D eigenvalue weighted by Gasteiger charge is -2.30. The molecule has 1 amide bonds. The van der Waals surface area contributed by atoms with Gasteiger partial charge in [0.25, 0.3) is 0 Å². The number of aromatic nitrogens is 1. The van der Waals surface area contributed by atoms with Crippen LogP contribution >= 0.6 is 11.8 Å². The number of amides is 1. The second-order valence-corrected chi connectivity index (χ2v) is 10.6. The van der Waals surface area contributed by atoms with E-state index >= 15 is 0 Å². The van der Waals surface area contributed by atoms with Crippen LogP contribution in [0.3, 0.4) is 0 Å². The second kappa shape index (κ2) is 12.3. The van der Waals surface area contributed by atoms with Gasteiger partial charge in [-0.05, 0) is 54.1 Å². The third-order valence-electron chi connectivity index (χ3n) is 6.97.